The van der Waals surface area contributed by atoms with Crippen molar-refractivity contribution in [2.24, 2.45) is 0 Å². The van der Waals surface area contributed by atoms with Crippen LogP contribution in [0.2, 0.25) is 5.02 Å². The smallest absolute Gasteiger partial charge is 0.512 e. The highest BCUT2D eigenvalue weighted by molar-refractivity contribution is 6.34. The molecule has 1 aromatic rings. The van der Waals surface area contributed by atoms with E-state index in [0.29, 0.717) is 11.4 Å². The van der Waals surface area contributed by atoms with Crippen LogP contribution < -0.4 is 9.97 Å². The molecule has 0 aliphatic heterocycles. The van der Waals surface area contributed by atoms with Crippen LogP contribution in [-0.2, 0) is 11.2 Å². The van der Waals surface area contributed by atoms with E-state index in [1.165, 1.54) is 6.07 Å². The molecule has 3 N–H and O–H groups in total. The lowest BCUT2D eigenvalue weighted by atomic mass is 10.0. The van der Waals surface area contributed by atoms with Gasteiger partial charge in [0.25, 0.3) is 0 Å². The molecule has 1 aliphatic carbocycles. The van der Waals surface area contributed by atoms with Crippen LogP contribution in [0.15, 0.2) is 18.2 Å². The van der Waals surface area contributed by atoms with Crippen molar-refractivity contribution in [1.82, 2.24) is 5.32 Å². The van der Waals surface area contributed by atoms with E-state index >= 15 is 0 Å². The molecule has 6 nitrogen and oxygen atoms in total. The summed E-state index contributed by atoms with van der Waals surface area (Å²) in [5, 5.41) is 21.3. The first-order valence-corrected chi connectivity index (χ1v) is 7.79. The van der Waals surface area contributed by atoms with Crippen molar-refractivity contribution in [2.45, 2.75) is 51.2 Å². The van der Waals surface area contributed by atoms with Crippen molar-refractivity contribution >= 4 is 25.0 Å². The largest absolute Gasteiger partial charge is 0.707 e. The average Bonchev–Trinajstić information content (AvgIpc) is 3.09. The zero-order valence-corrected chi connectivity index (χ0v) is 14.2. The van der Waals surface area contributed by atoms with Gasteiger partial charge in [-0.2, -0.15) is 0 Å². The zero-order valence-electron chi connectivity index (χ0n) is 13.4. The van der Waals surface area contributed by atoms with Crippen molar-refractivity contribution in [3.05, 3.63) is 28.8 Å². The second-order valence-electron chi connectivity index (χ2n) is 6.78. The average molecular weight is 342 g/mol. The number of carbonyl (C=O) groups excluding carboxylic acids is 1. The third kappa shape index (κ3) is 5.60. The Labute approximate surface area is 140 Å². The van der Waals surface area contributed by atoms with Gasteiger partial charge >= 0.3 is 13.4 Å². The van der Waals surface area contributed by atoms with E-state index < -0.39 is 24.6 Å². The molecule has 2 rings (SSSR count). The Morgan fingerprint density at radius 3 is 2.57 bits per heavy atom. The van der Waals surface area contributed by atoms with Gasteiger partial charge in [0.2, 0.25) is 0 Å². The Kier molecular flexibility index (Phi) is 5.13. The van der Waals surface area contributed by atoms with E-state index in [2.05, 4.69) is 5.32 Å². The molecule has 126 valence electrons. The Bertz CT molecular complexity index is 584. The van der Waals surface area contributed by atoms with Crippen molar-refractivity contribution in [1.29, 1.82) is 0 Å². The molecule has 1 fully saturated rings. The van der Waals surface area contributed by atoms with Crippen LogP contribution in [0.25, 0.3) is 0 Å². The van der Waals surface area contributed by atoms with Crippen molar-refractivity contribution < 1.29 is 24.2 Å². The maximum Gasteiger partial charge on any atom is 0.707 e. The van der Waals surface area contributed by atoms with Gasteiger partial charge in [-0.25, -0.2) is 4.79 Å². The number of hydrogen-bond donors (Lipinski definition) is 3. The summed E-state index contributed by atoms with van der Waals surface area (Å²) in [5.74, 6) is 0.282. The SMILES string of the molecule is CC(C)(C)OC(=O)NC1(Cc2ccc(Cl)cc2OB(O)O)CC1. The minimum absolute atomic E-state index is 0.282. The quantitative estimate of drug-likeness (QED) is 0.715. The van der Waals surface area contributed by atoms with Gasteiger partial charge in [-0.05, 0) is 57.7 Å². The van der Waals surface area contributed by atoms with Gasteiger partial charge in [0.15, 0.2) is 0 Å². The monoisotopic (exact) mass is 341 g/mol. The third-order valence-electron chi connectivity index (χ3n) is 3.41. The highest BCUT2D eigenvalue weighted by Crippen LogP contribution is 2.41. The third-order valence-corrected chi connectivity index (χ3v) is 3.65. The maximum absolute atomic E-state index is 12.0. The van der Waals surface area contributed by atoms with Crippen LogP contribution >= 0.6 is 11.6 Å². The summed E-state index contributed by atoms with van der Waals surface area (Å²) < 4.78 is 10.3. The predicted molar refractivity (Wildman–Crippen MR) is 87.3 cm³/mol. The summed E-state index contributed by atoms with van der Waals surface area (Å²) >= 11 is 5.91. The molecule has 0 aromatic heterocycles. The molecule has 0 saturated heterocycles. The first kappa shape index (κ1) is 17.9. The molecule has 23 heavy (non-hydrogen) atoms. The molecular weight excluding hydrogens is 320 g/mol. The summed E-state index contributed by atoms with van der Waals surface area (Å²) in [7, 11) is -1.93. The van der Waals surface area contributed by atoms with Crippen LogP contribution in [0.3, 0.4) is 0 Å². The number of ether oxygens (including phenoxy) is 1. The molecule has 0 unspecified atom stereocenters. The van der Waals surface area contributed by atoms with Gasteiger partial charge in [-0.3, -0.25) is 0 Å². The van der Waals surface area contributed by atoms with Crippen LogP contribution in [0, 0.1) is 0 Å². The summed E-state index contributed by atoms with van der Waals surface area (Å²) in [6.45, 7) is 5.42. The van der Waals surface area contributed by atoms with Crippen LogP contribution in [0.5, 0.6) is 5.75 Å². The first-order chi connectivity index (χ1) is 10.6. The van der Waals surface area contributed by atoms with Crippen molar-refractivity contribution in [2.75, 3.05) is 0 Å². The number of nitrogens with one attached hydrogen (secondary N) is 1. The fourth-order valence-corrected chi connectivity index (χ4v) is 2.44. The second kappa shape index (κ2) is 6.59. The summed E-state index contributed by atoms with van der Waals surface area (Å²) in [6.07, 6.45) is 1.66. The van der Waals surface area contributed by atoms with Gasteiger partial charge in [0, 0.05) is 10.6 Å². The summed E-state index contributed by atoms with van der Waals surface area (Å²) in [5.41, 5.74) is -0.222. The topological polar surface area (TPSA) is 88.0 Å². The van der Waals surface area contributed by atoms with Gasteiger partial charge in [-0.1, -0.05) is 17.7 Å². The minimum Gasteiger partial charge on any atom is -0.512 e. The summed E-state index contributed by atoms with van der Waals surface area (Å²) in [4.78, 5) is 12.0. The fraction of sp³-hybridized carbons (Fsp3) is 0.533. The highest BCUT2D eigenvalue weighted by atomic mass is 35.5. The van der Waals surface area contributed by atoms with Gasteiger partial charge in [0.05, 0.1) is 0 Å². The number of hydrogen-bond acceptors (Lipinski definition) is 5. The van der Waals surface area contributed by atoms with Gasteiger partial charge in [-0.15, -0.1) is 0 Å². The molecule has 0 spiro atoms. The Hall–Kier alpha value is -1.44. The lowest BCUT2D eigenvalue weighted by Gasteiger charge is -2.24. The van der Waals surface area contributed by atoms with E-state index in [0.717, 1.165) is 18.4 Å². The minimum atomic E-state index is -1.93. The van der Waals surface area contributed by atoms with Crippen molar-refractivity contribution in [3.63, 3.8) is 0 Å². The van der Waals surface area contributed by atoms with E-state index in [9.17, 15) is 4.79 Å². The standard InChI is InChI=1S/C15H21BClNO5/c1-14(2,3)22-13(19)18-15(6-7-15)9-10-4-5-11(17)8-12(10)23-16(20)21/h4-5,8,20-21H,6-7,9H2,1-3H3,(H,18,19). The highest BCUT2D eigenvalue weighted by Gasteiger charge is 2.45. The molecule has 1 aromatic carbocycles. The number of alkyl carbamates (subject to hydrolysis) is 1. The Morgan fingerprint density at radius 1 is 1.39 bits per heavy atom. The molecule has 8 heteroatoms. The van der Waals surface area contributed by atoms with E-state index in [-0.39, 0.29) is 5.75 Å². The maximum atomic E-state index is 12.0. The lowest BCUT2D eigenvalue weighted by molar-refractivity contribution is 0.0496. The van der Waals surface area contributed by atoms with Crippen LogP contribution in [-0.4, -0.2) is 34.6 Å². The number of amides is 1. The summed E-state index contributed by atoms with van der Waals surface area (Å²) in [6, 6.07) is 4.95. The number of carbonyl (C=O) groups is 1. The first-order valence-electron chi connectivity index (χ1n) is 7.41. The molecule has 0 heterocycles. The van der Waals surface area contributed by atoms with E-state index in [4.69, 9.17) is 31.0 Å². The number of halogens is 1. The van der Waals surface area contributed by atoms with E-state index in [1.54, 1.807) is 32.9 Å². The molecular formula is C15H21BClNO5. The number of rotatable bonds is 5. The van der Waals surface area contributed by atoms with Crippen LogP contribution in [0.1, 0.15) is 39.2 Å². The molecule has 1 saturated carbocycles. The van der Waals surface area contributed by atoms with Crippen molar-refractivity contribution in [3.8, 4) is 5.75 Å². The molecule has 0 radical (unpaired) electrons. The lowest BCUT2D eigenvalue weighted by Crippen LogP contribution is -2.42. The van der Waals surface area contributed by atoms with Gasteiger partial charge in [0.1, 0.15) is 11.4 Å². The van der Waals surface area contributed by atoms with E-state index in [1.807, 2.05) is 0 Å². The molecule has 1 amide bonds. The zero-order chi connectivity index (χ0) is 17.3. The Balaban J connectivity index is 2.08. The number of benzene rings is 1. The van der Waals surface area contributed by atoms with Gasteiger partial charge < -0.3 is 24.8 Å². The second-order valence-corrected chi connectivity index (χ2v) is 7.22. The Morgan fingerprint density at radius 2 is 2.04 bits per heavy atom. The van der Waals surface area contributed by atoms with Crippen LogP contribution in [0.4, 0.5) is 4.79 Å². The molecule has 0 atom stereocenters. The normalized spacial score (nSPS) is 15.7. The molecule has 1 aliphatic rings. The molecule has 0 bridgehead atoms. The fourth-order valence-electron chi connectivity index (χ4n) is 2.28. The predicted octanol–water partition coefficient (Wildman–Crippen LogP) is 2.29.